The quantitative estimate of drug-likeness (QED) is 0.690. The highest BCUT2D eigenvalue weighted by atomic mass is 16.5. The van der Waals surface area contributed by atoms with E-state index in [9.17, 15) is 0 Å². The van der Waals surface area contributed by atoms with Crippen molar-refractivity contribution in [2.75, 3.05) is 6.61 Å². The molecule has 0 saturated heterocycles. The Balaban J connectivity index is 2.18. The van der Waals surface area contributed by atoms with E-state index in [0.717, 1.165) is 5.69 Å². The summed E-state index contributed by atoms with van der Waals surface area (Å²) in [5.74, 6) is 0.541. The number of hydrogen-bond donors (Lipinski definition) is 2. The molecular weight excluding hydrogens is 198 g/mol. The van der Waals surface area contributed by atoms with Gasteiger partial charge in [0.2, 0.25) is 6.39 Å². The van der Waals surface area contributed by atoms with Crippen molar-refractivity contribution in [2.24, 2.45) is 5.73 Å². The first-order chi connectivity index (χ1) is 7.31. The Bertz CT molecular complexity index is 410. The second-order valence-electron chi connectivity index (χ2n) is 3.08. The largest absolute Gasteiger partial charge is 0.394 e. The second-order valence-corrected chi connectivity index (χ2v) is 3.08. The fourth-order valence-corrected chi connectivity index (χ4v) is 1.28. The van der Waals surface area contributed by atoms with E-state index < -0.39 is 6.04 Å². The maximum absolute atomic E-state index is 8.94. The van der Waals surface area contributed by atoms with E-state index in [4.69, 9.17) is 10.8 Å². The molecule has 7 heteroatoms. The van der Waals surface area contributed by atoms with Crippen LogP contribution >= 0.6 is 0 Å². The maximum atomic E-state index is 8.94. The van der Waals surface area contributed by atoms with Gasteiger partial charge in [-0.05, 0) is 0 Å². The van der Waals surface area contributed by atoms with Crippen LogP contribution in [0.3, 0.4) is 0 Å². The Morgan fingerprint density at radius 3 is 3.13 bits per heavy atom. The van der Waals surface area contributed by atoms with E-state index in [-0.39, 0.29) is 6.61 Å². The van der Waals surface area contributed by atoms with Gasteiger partial charge < -0.3 is 19.9 Å². The van der Waals surface area contributed by atoms with E-state index in [1.165, 1.54) is 6.39 Å². The third-order valence-electron chi connectivity index (χ3n) is 2.04. The zero-order valence-corrected chi connectivity index (χ0v) is 7.95. The van der Waals surface area contributed by atoms with E-state index in [0.29, 0.717) is 12.4 Å². The van der Waals surface area contributed by atoms with Crippen molar-refractivity contribution in [2.45, 2.75) is 12.6 Å². The minimum absolute atomic E-state index is 0.127. The van der Waals surface area contributed by atoms with Crippen molar-refractivity contribution in [3.8, 4) is 0 Å². The summed E-state index contributed by atoms with van der Waals surface area (Å²) in [7, 11) is 0. The number of nitrogens with zero attached hydrogens (tertiary/aromatic N) is 4. The van der Waals surface area contributed by atoms with E-state index in [2.05, 4.69) is 19.6 Å². The van der Waals surface area contributed by atoms with Crippen molar-refractivity contribution in [1.82, 2.24) is 19.7 Å². The molecule has 80 valence electrons. The van der Waals surface area contributed by atoms with Gasteiger partial charge >= 0.3 is 0 Å². The number of aliphatic hydroxyl groups excluding tert-OH is 1. The fraction of sp³-hybridized carbons (Fsp3) is 0.375. The normalized spacial score (nSPS) is 12.9. The van der Waals surface area contributed by atoms with Crippen molar-refractivity contribution in [3.63, 3.8) is 0 Å². The summed E-state index contributed by atoms with van der Waals surface area (Å²) < 4.78 is 6.38. The van der Waals surface area contributed by atoms with Gasteiger partial charge in [0, 0.05) is 6.20 Å². The Morgan fingerprint density at radius 1 is 1.60 bits per heavy atom. The smallest absolute Gasteiger partial charge is 0.213 e. The molecule has 0 aliphatic rings. The number of aliphatic hydroxyl groups is 1. The van der Waals surface area contributed by atoms with Crippen LogP contribution in [0.15, 0.2) is 23.4 Å². The predicted molar refractivity (Wildman–Crippen MR) is 49.6 cm³/mol. The van der Waals surface area contributed by atoms with Crippen molar-refractivity contribution in [3.05, 3.63) is 30.4 Å². The van der Waals surface area contributed by atoms with Gasteiger partial charge in [0.1, 0.15) is 0 Å². The van der Waals surface area contributed by atoms with Gasteiger partial charge in [-0.1, -0.05) is 5.16 Å². The first-order valence-corrected chi connectivity index (χ1v) is 4.43. The lowest BCUT2D eigenvalue weighted by molar-refractivity contribution is 0.263. The Morgan fingerprint density at radius 2 is 2.47 bits per heavy atom. The van der Waals surface area contributed by atoms with Crippen LogP contribution in [0.25, 0.3) is 0 Å². The third-order valence-corrected chi connectivity index (χ3v) is 2.04. The summed E-state index contributed by atoms with van der Waals surface area (Å²) in [5.41, 5.74) is 6.43. The highest BCUT2D eigenvalue weighted by Crippen LogP contribution is 2.09. The minimum Gasteiger partial charge on any atom is -0.394 e. The topological polar surface area (TPSA) is 103 Å². The number of rotatable bonds is 4. The molecule has 0 spiro atoms. The molecule has 0 amide bonds. The Hall–Kier alpha value is -1.73. The number of imidazole rings is 1. The monoisotopic (exact) mass is 209 g/mol. The molecule has 2 aromatic rings. The van der Waals surface area contributed by atoms with Crippen molar-refractivity contribution >= 4 is 0 Å². The van der Waals surface area contributed by atoms with Crippen LogP contribution in [0.2, 0.25) is 0 Å². The average molecular weight is 209 g/mol. The molecule has 0 fully saturated rings. The molecule has 2 aromatic heterocycles. The third kappa shape index (κ3) is 2.03. The highest BCUT2D eigenvalue weighted by Gasteiger charge is 2.11. The molecular formula is C8H11N5O2. The molecule has 0 aromatic carbocycles. The van der Waals surface area contributed by atoms with Gasteiger partial charge in [0.05, 0.1) is 31.2 Å². The Labute approximate surface area is 85.5 Å². The van der Waals surface area contributed by atoms with Gasteiger partial charge in [-0.15, -0.1) is 0 Å². The highest BCUT2D eigenvalue weighted by molar-refractivity contribution is 5.06. The predicted octanol–water partition coefficient (Wildman–Crippen LogP) is -0.694. The molecule has 7 nitrogen and oxygen atoms in total. The van der Waals surface area contributed by atoms with Crippen LogP contribution in [-0.2, 0) is 6.54 Å². The second kappa shape index (κ2) is 4.20. The van der Waals surface area contributed by atoms with Crippen molar-refractivity contribution < 1.29 is 9.63 Å². The van der Waals surface area contributed by atoms with E-state index >= 15 is 0 Å². The van der Waals surface area contributed by atoms with Gasteiger partial charge in [-0.25, -0.2) is 4.98 Å². The van der Waals surface area contributed by atoms with Crippen molar-refractivity contribution in [1.29, 1.82) is 0 Å². The molecule has 1 atom stereocenters. The summed E-state index contributed by atoms with van der Waals surface area (Å²) >= 11 is 0. The summed E-state index contributed by atoms with van der Waals surface area (Å²) in [6, 6.07) is -0.445. The summed E-state index contributed by atoms with van der Waals surface area (Å²) in [6.45, 7) is 0.303. The lowest BCUT2D eigenvalue weighted by Gasteiger charge is -2.10. The van der Waals surface area contributed by atoms with Gasteiger partial charge in [-0.2, -0.15) is 4.98 Å². The molecule has 2 heterocycles. The van der Waals surface area contributed by atoms with E-state index in [1.54, 1.807) is 17.1 Å². The lowest BCUT2D eigenvalue weighted by atomic mass is 10.2. The zero-order chi connectivity index (χ0) is 10.7. The zero-order valence-electron chi connectivity index (χ0n) is 7.95. The SMILES string of the molecule is NC(CO)c1cncn1Cc1ncon1. The van der Waals surface area contributed by atoms with Gasteiger partial charge in [0.25, 0.3) is 0 Å². The van der Waals surface area contributed by atoms with Crippen LogP contribution in [-0.4, -0.2) is 31.4 Å². The summed E-state index contributed by atoms with van der Waals surface area (Å²) in [6.07, 6.45) is 4.49. The number of hydrogen-bond acceptors (Lipinski definition) is 6. The number of aromatic nitrogens is 4. The minimum atomic E-state index is -0.445. The Kier molecular flexibility index (Phi) is 2.75. The van der Waals surface area contributed by atoms with Crippen LogP contribution < -0.4 is 5.73 Å². The standard InChI is InChI=1S/C8H11N5O2/c9-6(3-14)7-1-10-4-13(7)2-8-11-5-15-12-8/h1,4-6,14H,2-3,9H2. The first kappa shape index (κ1) is 9.81. The molecule has 0 bridgehead atoms. The number of nitrogens with two attached hydrogens (primary N) is 1. The van der Waals surface area contributed by atoms with Crippen LogP contribution in [0, 0.1) is 0 Å². The first-order valence-electron chi connectivity index (χ1n) is 4.43. The van der Waals surface area contributed by atoms with Crippen LogP contribution in [0.4, 0.5) is 0 Å². The van der Waals surface area contributed by atoms with E-state index in [1.807, 2.05) is 0 Å². The molecule has 0 saturated carbocycles. The van der Waals surface area contributed by atoms with Gasteiger partial charge in [0.15, 0.2) is 5.82 Å². The molecule has 0 radical (unpaired) electrons. The summed E-state index contributed by atoms with van der Waals surface area (Å²) in [4.78, 5) is 7.85. The summed E-state index contributed by atoms with van der Waals surface area (Å²) in [5, 5.41) is 12.6. The average Bonchev–Trinajstić information content (AvgIpc) is 2.88. The molecule has 0 aliphatic heterocycles. The van der Waals surface area contributed by atoms with Crippen LogP contribution in [0.1, 0.15) is 17.6 Å². The molecule has 1 unspecified atom stereocenters. The van der Waals surface area contributed by atoms with Gasteiger partial charge in [-0.3, -0.25) is 0 Å². The van der Waals surface area contributed by atoms with Crippen LogP contribution in [0.5, 0.6) is 0 Å². The fourth-order valence-electron chi connectivity index (χ4n) is 1.28. The lowest BCUT2D eigenvalue weighted by Crippen LogP contribution is -2.19. The molecule has 15 heavy (non-hydrogen) atoms. The molecule has 2 rings (SSSR count). The molecule has 3 N–H and O–H groups in total. The molecule has 0 aliphatic carbocycles. The maximum Gasteiger partial charge on any atom is 0.213 e.